The monoisotopic (exact) mass is 409 g/mol. The van der Waals surface area contributed by atoms with E-state index in [1.54, 1.807) is 43.3 Å². The Morgan fingerprint density at radius 2 is 1.67 bits per heavy atom. The smallest absolute Gasteiger partial charge is 0.310 e. The van der Waals surface area contributed by atoms with Crippen molar-refractivity contribution in [3.63, 3.8) is 0 Å². The van der Waals surface area contributed by atoms with Gasteiger partial charge in [0.15, 0.2) is 6.10 Å². The Morgan fingerprint density at radius 1 is 1.00 bits per heavy atom. The SMILES string of the molecule is CCOc1ccc(OC(C)C(=O)NNC(=O)C(=O)c2c(C)[nH]c3ccccc23)cc1. The zero-order valence-corrected chi connectivity index (χ0v) is 16.9. The predicted molar refractivity (Wildman–Crippen MR) is 111 cm³/mol. The van der Waals surface area contributed by atoms with Gasteiger partial charge in [0.2, 0.25) is 0 Å². The summed E-state index contributed by atoms with van der Waals surface area (Å²) in [6.45, 7) is 5.68. The molecule has 1 atom stereocenters. The van der Waals surface area contributed by atoms with Crippen LogP contribution in [0.5, 0.6) is 11.5 Å². The Morgan fingerprint density at radius 3 is 2.37 bits per heavy atom. The number of Topliss-reactive ketones (excluding diaryl/α,β-unsaturated/α-hetero) is 1. The lowest BCUT2D eigenvalue weighted by Gasteiger charge is -2.15. The molecule has 0 fully saturated rings. The second-order valence-corrected chi connectivity index (χ2v) is 6.61. The third-order valence-electron chi connectivity index (χ3n) is 4.44. The molecular formula is C22H23N3O5. The lowest BCUT2D eigenvalue weighted by Crippen LogP contribution is -2.49. The van der Waals surface area contributed by atoms with Crippen LogP contribution in [0.1, 0.15) is 29.9 Å². The van der Waals surface area contributed by atoms with Gasteiger partial charge in [0.1, 0.15) is 11.5 Å². The summed E-state index contributed by atoms with van der Waals surface area (Å²) < 4.78 is 10.9. The van der Waals surface area contributed by atoms with E-state index in [1.165, 1.54) is 6.92 Å². The van der Waals surface area contributed by atoms with Crippen LogP contribution in [0.15, 0.2) is 48.5 Å². The number of aryl methyl sites for hydroxylation is 1. The molecule has 3 aromatic rings. The highest BCUT2D eigenvalue weighted by Gasteiger charge is 2.24. The largest absolute Gasteiger partial charge is 0.494 e. The highest BCUT2D eigenvalue weighted by atomic mass is 16.5. The number of fused-ring (bicyclic) bond motifs is 1. The van der Waals surface area contributed by atoms with Crippen LogP contribution in [0.3, 0.4) is 0 Å². The molecule has 2 amide bonds. The van der Waals surface area contributed by atoms with Crippen molar-refractivity contribution >= 4 is 28.5 Å². The van der Waals surface area contributed by atoms with E-state index < -0.39 is 23.7 Å². The molecular weight excluding hydrogens is 386 g/mol. The number of benzene rings is 2. The van der Waals surface area contributed by atoms with Crippen LogP contribution in [-0.4, -0.2) is 35.3 Å². The number of carbonyl (C=O) groups excluding carboxylic acids is 3. The van der Waals surface area contributed by atoms with Crippen molar-refractivity contribution in [2.24, 2.45) is 0 Å². The van der Waals surface area contributed by atoms with Crippen molar-refractivity contribution in [2.45, 2.75) is 26.9 Å². The Kier molecular flexibility index (Phi) is 6.36. The number of amides is 2. The fourth-order valence-corrected chi connectivity index (χ4v) is 3.00. The second kappa shape index (κ2) is 9.13. The zero-order chi connectivity index (χ0) is 21.7. The molecule has 30 heavy (non-hydrogen) atoms. The molecule has 8 nitrogen and oxygen atoms in total. The molecule has 0 aliphatic carbocycles. The van der Waals surface area contributed by atoms with E-state index in [1.807, 2.05) is 19.1 Å². The first kappa shape index (κ1) is 20.9. The highest BCUT2D eigenvalue weighted by molar-refractivity contribution is 6.45. The number of H-pyrrole nitrogens is 1. The summed E-state index contributed by atoms with van der Waals surface area (Å²) in [4.78, 5) is 40.1. The molecule has 0 saturated carbocycles. The van der Waals surface area contributed by atoms with E-state index in [0.717, 1.165) is 5.52 Å². The van der Waals surface area contributed by atoms with E-state index >= 15 is 0 Å². The van der Waals surface area contributed by atoms with Gasteiger partial charge >= 0.3 is 5.91 Å². The van der Waals surface area contributed by atoms with Crippen molar-refractivity contribution in [2.75, 3.05) is 6.61 Å². The molecule has 156 valence electrons. The first-order valence-electron chi connectivity index (χ1n) is 9.52. The lowest BCUT2D eigenvalue weighted by molar-refractivity contribution is -0.131. The number of ketones is 1. The second-order valence-electron chi connectivity index (χ2n) is 6.61. The summed E-state index contributed by atoms with van der Waals surface area (Å²) in [5.74, 6) is -1.12. The number of nitrogens with one attached hydrogen (secondary N) is 3. The van der Waals surface area contributed by atoms with Crippen molar-refractivity contribution in [3.05, 3.63) is 59.8 Å². The number of rotatable bonds is 7. The van der Waals surface area contributed by atoms with Gasteiger partial charge in [-0.3, -0.25) is 25.2 Å². The van der Waals surface area contributed by atoms with Crippen LogP contribution in [0.4, 0.5) is 0 Å². The van der Waals surface area contributed by atoms with Crippen molar-refractivity contribution in [1.29, 1.82) is 0 Å². The number of aromatic amines is 1. The summed E-state index contributed by atoms with van der Waals surface area (Å²) in [6, 6.07) is 14.0. The summed E-state index contributed by atoms with van der Waals surface area (Å²) in [5.41, 5.74) is 5.99. The topological polar surface area (TPSA) is 110 Å². The van der Waals surface area contributed by atoms with Gasteiger partial charge in [-0.2, -0.15) is 0 Å². The lowest BCUT2D eigenvalue weighted by atomic mass is 10.1. The van der Waals surface area contributed by atoms with Gasteiger partial charge < -0.3 is 14.5 Å². The molecule has 8 heteroatoms. The first-order chi connectivity index (χ1) is 14.4. The summed E-state index contributed by atoms with van der Waals surface area (Å²) in [7, 11) is 0. The first-order valence-corrected chi connectivity index (χ1v) is 9.52. The Hall–Kier alpha value is -3.81. The Balaban J connectivity index is 1.57. The fraction of sp³-hybridized carbons (Fsp3) is 0.227. The maximum absolute atomic E-state index is 12.6. The van der Waals surface area contributed by atoms with Crippen LogP contribution in [-0.2, 0) is 9.59 Å². The van der Waals surface area contributed by atoms with Crippen LogP contribution in [0.25, 0.3) is 10.9 Å². The molecule has 3 rings (SSSR count). The molecule has 0 aliphatic rings. The van der Waals surface area contributed by atoms with Gasteiger partial charge in [-0.15, -0.1) is 0 Å². The maximum atomic E-state index is 12.6. The average Bonchev–Trinajstić information content (AvgIpc) is 3.08. The molecule has 0 saturated heterocycles. The minimum atomic E-state index is -0.940. The zero-order valence-electron chi connectivity index (χ0n) is 16.9. The Bertz CT molecular complexity index is 1070. The van der Waals surface area contributed by atoms with Gasteiger partial charge in [-0.1, -0.05) is 18.2 Å². The fourth-order valence-electron chi connectivity index (χ4n) is 3.00. The number of hydrazine groups is 1. The van der Waals surface area contributed by atoms with Crippen LogP contribution in [0.2, 0.25) is 0 Å². The number of para-hydroxylation sites is 1. The molecule has 0 spiro atoms. The average molecular weight is 409 g/mol. The number of aromatic nitrogens is 1. The predicted octanol–water partition coefficient (Wildman–Crippen LogP) is 2.67. The molecule has 2 aromatic carbocycles. The normalized spacial score (nSPS) is 11.6. The number of hydrogen-bond donors (Lipinski definition) is 3. The van der Waals surface area contributed by atoms with Crippen molar-refractivity contribution in [1.82, 2.24) is 15.8 Å². The van der Waals surface area contributed by atoms with Gasteiger partial charge in [-0.25, -0.2) is 0 Å². The molecule has 3 N–H and O–H groups in total. The molecule has 0 bridgehead atoms. The van der Waals surface area contributed by atoms with Crippen molar-refractivity contribution in [3.8, 4) is 11.5 Å². The summed E-state index contributed by atoms with van der Waals surface area (Å²) >= 11 is 0. The van der Waals surface area contributed by atoms with E-state index in [-0.39, 0.29) is 5.56 Å². The number of hydrogen-bond acceptors (Lipinski definition) is 5. The van der Waals surface area contributed by atoms with Gasteiger partial charge in [0, 0.05) is 16.6 Å². The Labute approximate surface area is 173 Å². The molecule has 1 unspecified atom stereocenters. The van der Waals surface area contributed by atoms with Crippen molar-refractivity contribution < 1.29 is 23.9 Å². The minimum absolute atomic E-state index is 0.274. The third kappa shape index (κ3) is 4.60. The minimum Gasteiger partial charge on any atom is -0.494 e. The highest BCUT2D eigenvalue weighted by Crippen LogP contribution is 2.22. The van der Waals surface area contributed by atoms with Gasteiger partial charge in [-0.05, 0) is 51.1 Å². The number of ether oxygens (including phenoxy) is 2. The molecule has 1 aromatic heterocycles. The van der Waals surface area contributed by atoms with E-state index in [0.29, 0.717) is 29.2 Å². The molecule has 0 aliphatic heterocycles. The van der Waals surface area contributed by atoms with Gasteiger partial charge in [0.05, 0.1) is 12.2 Å². The van der Waals surface area contributed by atoms with E-state index in [4.69, 9.17) is 9.47 Å². The van der Waals surface area contributed by atoms with Gasteiger partial charge in [0.25, 0.3) is 11.7 Å². The van der Waals surface area contributed by atoms with E-state index in [2.05, 4.69) is 15.8 Å². The summed E-state index contributed by atoms with van der Waals surface area (Å²) in [5, 5.41) is 0.647. The van der Waals surface area contributed by atoms with Crippen LogP contribution >= 0.6 is 0 Å². The maximum Gasteiger partial charge on any atom is 0.310 e. The number of carbonyl (C=O) groups is 3. The molecule has 1 heterocycles. The summed E-state index contributed by atoms with van der Waals surface area (Å²) in [6.07, 6.45) is -0.895. The standard InChI is InChI=1S/C22H23N3O5/c1-4-29-15-9-11-16(12-10-15)30-14(3)21(27)24-25-22(28)20(26)19-13(2)23-18-8-6-5-7-17(18)19/h5-12,14,23H,4H2,1-3H3,(H,24,27)(H,25,28). The van der Waals surface area contributed by atoms with Crippen LogP contribution in [0, 0.1) is 6.92 Å². The van der Waals surface area contributed by atoms with Crippen LogP contribution < -0.4 is 20.3 Å². The third-order valence-corrected chi connectivity index (χ3v) is 4.44. The van der Waals surface area contributed by atoms with E-state index in [9.17, 15) is 14.4 Å². The quantitative estimate of drug-likeness (QED) is 0.316. The molecule has 0 radical (unpaired) electrons.